The Bertz CT molecular complexity index is 176. The maximum Gasteiger partial charge on any atom is 0.200 e. The first-order chi connectivity index (χ1) is 4.09. The third-order valence-electron chi connectivity index (χ3n) is 0.738. The predicted molar refractivity (Wildman–Crippen MR) is 34.2 cm³/mol. The molecule has 0 aliphatic heterocycles. The van der Waals surface area contributed by atoms with Crippen molar-refractivity contribution in [3.63, 3.8) is 0 Å². The number of hydrogen-bond acceptors (Lipinski definition) is 4. The minimum atomic E-state index is -2.88. The van der Waals surface area contributed by atoms with Crippen LogP contribution >= 0.6 is 0 Å². The molecule has 0 spiro atoms. The average Bonchev–Trinajstić information content (AvgIpc) is 1.64. The highest BCUT2D eigenvalue weighted by atomic mass is 32.2. The van der Waals surface area contributed by atoms with Gasteiger partial charge in [-0.1, -0.05) is 6.92 Å². The van der Waals surface area contributed by atoms with Gasteiger partial charge in [0.2, 0.25) is 4.58 Å². The summed E-state index contributed by atoms with van der Waals surface area (Å²) in [5.74, 6) is 0. The van der Waals surface area contributed by atoms with Crippen LogP contribution in [0.5, 0.6) is 0 Å². The second-order valence-electron chi connectivity index (χ2n) is 1.28. The molecule has 0 bridgehead atoms. The van der Waals surface area contributed by atoms with Gasteiger partial charge in [0.25, 0.3) is 0 Å². The highest BCUT2D eigenvalue weighted by Crippen LogP contribution is 2.05. The fraction of sp³-hybridized carbons (Fsp3) is 0.667. The summed E-state index contributed by atoms with van der Waals surface area (Å²) in [5, 5.41) is 0. The summed E-state index contributed by atoms with van der Waals surface area (Å²) >= 11 is 0. The van der Waals surface area contributed by atoms with Crippen molar-refractivity contribution in [2.24, 2.45) is 0 Å². The van der Waals surface area contributed by atoms with Crippen molar-refractivity contribution < 1.29 is 16.8 Å². The van der Waals surface area contributed by atoms with Crippen LogP contribution in [0.15, 0.2) is 0 Å². The molecular formula is C3H7O4S2. The molecule has 6 heteroatoms. The molecule has 0 heterocycles. The van der Waals surface area contributed by atoms with Crippen LogP contribution < -0.4 is 0 Å². The number of hydrogen-bond donors (Lipinski definition) is 2. The second-order valence-corrected chi connectivity index (χ2v) is 3.74. The first kappa shape index (κ1) is 8.90. The third kappa shape index (κ3) is 2.81. The lowest BCUT2D eigenvalue weighted by atomic mass is 10.6. The van der Waals surface area contributed by atoms with Crippen LogP contribution in [-0.4, -0.2) is 16.8 Å². The fourth-order valence-corrected chi connectivity index (χ4v) is 1.37. The maximum absolute atomic E-state index is 9.99. The quantitative estimate of drug-likeness (QED) is 0.540. The van der Waals surface area contributed by atoms with E-state index in [1.807, 2.05) is 0 Å². The van der Waals surface area contributed by atoms with Gasteiger partial charge in [-0.3, -0.25) is 0 Å². The Morgan fingerprint density at radius 1 is 1.11 bits per heavy atom. The van der Waals surface area contributed by atoms with Crippen LogP contribution in [0, 0.1) is 4.58 Å². The van der Waals surface area contributed by atoms with E-state index in [2.05, 4.69) is 0 Å². The summed E-state index contributed by atoms with van der Waals surface area (Å²) < 4.78 is 39.6. The minimum Gasteiger partial charge on any atom is -0.230 e. The van der Waals surface area contributed by atoms with E-state index in [1.165, 1.54) is 6.92 Å². The summed E-state index contributed by atoms with van der Waals surface area (Å²) in [6, 6.07) is 0. The van der Waals surface area contributed by atoms with Crippen LogP contribution in [0.2, 0.25) is 0 Å². The largest absolute Gasteiger partial charge is 0.230 e. The van der Waals surface area contributed by atoms with Crippen molar-refractivity contribution in [2.45, 2.75) is 13.3 Å². The zero-order chi connectivity index (χ0) is 7.44. The molecule has 0 rings (SSSR count). The summed E-state index contributed by atoms with van der Waals surface area (Å²) in [4.78, 5) is 0. The van der Waals surface area contributed by atoms with Crippen molar-refractivity contribution >= 4 is 21.4 Å². The van der Waals surface area contributed by atoms with Gasteiger partial charge in [0, 0.05) is 0 Å². The van der Waals surface area contributed by atoms with Crippen LogP contribution in [0.1, 0.15) is 13.3 Å². The van der Waals surface area contributed by atoms with Crippen LogP contribution in [0.25, 0.3) is 0 Å². The molecule has 0 fully saturated rings. The lowest BCUT2D eigenvalue weighted by molar-refractivity contribution is 0.605. The molecule has 0 aliphatic rings. The van der Waals surface area contributed by atoms with E-state index in [9.17, 15) is 16.8 Å². The van der Waals surface area contributed by atoms with Gasteiger partial charge in [0.1, 0.15) is 0 Å². The molecule has 0 amide bonds. The molecule has 0 unspecified atom stereocenters. The van der Waals surface area contributed by atoms with Crippen LogP contribution in [0.4, 0.5) is 0 Å². The molecule has 0 atom stereocenters. The van der Waals surface area contributed by atoms with E-state index in [0.29, 0.717) is 0 Å². The molecular weight excluding hydrogens is 164 g/mol. The van der Waals surface area contributed by atoms with Crippen molar-refractivity contribution in [1.82, 2.24) is 0 Å². The Hall–Kier alpha value is -0.100. The van der Waals surface area contributed by atoms with Gasteiger partial charge < -0.3 is 0 Å². The molecule has 9 heavy (non-hydrogen) atoms. The monoisotopic (exact) mass is 171 g/mol. The molecule has 0 aromatic heterocycles. The van der Waals surface area contributed by atoms with Crippen LogP contribution in [-0.2, 0) is 21.4 Å². The predicted octanol–water partition coefficient (Wildman–Crippen LogP) is -0.891. The van der Waals surface area contributed by atoms with Gasteiger partial charge in [-0.25, -0.2) is 16.8 Å². The third-order valence-corrected chi connectivity index (χ3v) is 3.19. The van der Waals surface area contributed by atoms with E-state index >= 15 is 0 Å². The van der Waals surface area contributed by atoms with E-state index in [-0.39, 0.29) is 6.42 Å². The summed E-state index contributed by atoms with van der Waals surface area (Å²) in [6.07, 6.45) is 0.0530. The highest BCUT2D eigenvalue weighted by molar-refractivity contribution is 7.95. The fourth-order valence-electron chi connectivity index (χ4n) is 0.325. The van der Waals surface area contributed by atoms with Gasteiger partial charge in [0.05, 0.1) is 0 Å². The zero-order valence-corrected chi connectivity index (χ0v) is 6.52. The molecule has 4 nitrogen and oxygen atoms in total. The van der Waals surface area contributed by atoms with Crippen molar-refractivity contribution in [2.75, 3.05) is 0 Å². The van der Waals surface area contributed by atoms with E-state index in [1.54, 1.807) is 0 Å². The molecule has 0 aliphatic carbocycles. The molecule has 1 radical (unpaired) electrons. The van der Waals surface area contributed by atoms with Gasteiger partial charge in [-0.15, -0.1) is 0 Å². The summed E-state index contributed by atoms with van der Waals surface area (Å²) in [6.45, 7) is 1.48. The Kier molecular flexibility index (Phi) is 3.79. The normalized spacial score (nSPS) is 11.6. The minimum absolute atomic E-state index is 0.0530. The van der Waals surface area contributed by atoms with Crippen molar-refractivity contribution in [3.8, 4) is 0 Å². The summed E-state index contributed by atoms with van der Waals surface area (Å²) in [7, 11) is -5.77. The molecule has 0 N–H and O–H groups in total. The average molecular weight is 171 g/mol. The number of thiol groups is 2. The summed E-state index contributed by atoms with van der Waals surface area (Å²) in [5.41, 5.74) is 0. The van der Waals surface area contributed by atoms with Gasteiger partial charge in [-0.2, -0.15) is 0 Å². The van der Waals surface area contributed by atoms with Gasteiger partial charge >= 0.3 is 0 Å². The Balaban J connectivity index is 4.35. The Morgan fingerprint density at radius 3 is 1.44 bits per heavy atom. The van der Waals surface area contributed by atoms with E-state index in [4.69, 9.17) is 0 Å². The van der Waals surface area contributed by atoms with E-state index in [0.717, 1.165) is 0 Å². The molecule has 0 aromatic rings. The highest BCUT2D eigenvalue weighted by Gasteiger charge is 2.12. The SMILES string of the molecule is CC[C]([SH](=O)=O)[SH](=O)=O. The van der Waals surface area contributed by atoms with Crippen molar-refractivity contribution in [3.05, 3.63) is 4.58 Å². The van der Waals surface area contributed by atoms with Crippen LogP contribution in [0.3, 0.4) is 0 Å². The number of rotatable bonds is 3. The Labute approximate surface area is 56.8 Å². The molecule has 0 saturated carbocycles. The smallest absolute Gasteiger partial charge is 0.200 e. The van der Waals surface area contributed by atoms with Gasteiger partial charge in [0.15, 0.2) is 21.4 Å². The molecule has 55 valence electrons. The Morgan fingerprint density at radius 2 is 1.44 bits per heavy atom. The lowest BCUT2D eigenvalue weighted by Crippen LogP contribution is -1.98. The lowest BCUT2D eigenvalue weighted by Gasteiger charge is -1.90. The van der Waals surface area contributed by atoms with Gasteiger partial charge in [-0.05, 0) is 6.42 Å². The molecule has 0 aromatic carbocycles. The topological polar surface area (TPSA) is 68.3 Å². The van der Waals surface area contributed by atoms with Crippen molar-refractivity contribution in [1.29, 1.82) is 0 Å². The first-order valence-corrected chi connectivity index (χ1v) is 4.59. The maximum atomic E-state index is 9.99. The second kappa shape index (κ2) is 3.84. The van der Waals surface area contributed by atoms with E-state index < -0.39 is 26.0 Å². The molecule has 0 saturated heterocycles. The first-order valence-electron chi connectivity index (χ1n) is 2.24. The zero-order valence-electron chi connectivity index (χ0n) is 4.73. The standard InChI is InChI=1S/C3H7O4S2/c1-2-3(8(4)5)9(6)7/h8-9H,2H2,1H3.